The molecular formula is C23H25F3N6O. The Morgan fingerprint density at radius 1 is 1.15 bits per heavy atom. The van der Waals surface area contributed by atoms with E-state index in [0.717, 1.165) is 11.3 Å². The van der Waals surface area contributed by atoms with Gasteiger partial charge in [-0.25, -0.2) is 15.0 Å². The molecule has 4 rings (SSSR count). The highest BCUT2D eigenvalue weighted by Crippen LogP contribution is 2.30. The predicted octanol–water partition coefficient (Wildman–Crippen LogP) is 4.37. The van der Waals surface area contributed by atoms with Gasteiger partial charge in [-0.3, -0.25) is 4.98 Å². The topological polar surface area (TPSA) is 76.9 Å². The van der Waals surface area contributed by atoms with Crippen molar-refractivity contribution >= 4 is 17.1 Å². The molecule has 1 saturated heterocycles. The maximum absolute atomic E-state index is 13.0. The van der Waals surface area contributed by atoms with Crippen LogP contribution < -0.4 is 4.90 Å². The molecule has 0 bridgehead atoms. The van der Waals surface area contributed by atoms with Crippen molar-refractivity contribution < 1.29 is 17.9 Å². The second kappa shape index (κ2) is 9.01. The summed E-state index contributed by atoms with van der Waals surface area (Å²) in [7, 11) is 0. The van der Waals surface area contributed by atoms with Crippen LogP contribution in [0.3, 0.4) is 0 Å². The first kappa shape index (κ1) is 23.0. The number of aryl methyl sites for hydroxylation is 4. The first-order valence-corrected chi connectivity index (χ1v) is 10.7. The Hall–Kier alpha value is -3.14. The fraction of sp³-hybridized carbons (Fsp3) is 0.435. The van der Waals surface area contributed by atoms with E-state index in [0.29, 0.717) is 53.9 Å². The summed E-state index contributed by atoms with van der Waals surface area (Å²) in [5.41, 5.74) is 3.72. The van der Waals surface area contributed by atoms with Crippen LogP contribution in [0.1, 0.15) is 40.9 Å². The standard InChI is InChI=1S/C23H25F3N6O/c1-13(23(24,25)26)5-6-18-20-21(29-16(4)15(3)28-20)31-22(30-18)32-9-10-33-19(12-32)17-7-8-27-14(2)11-17/h7-8,11,19H,1,5-6,9-10,12H2,2-4H3. The molecule has 1 atom stereocenters. The monoisotopic (exact) mass is 458 g/mol. The number of morpholine rings is 1. The molecule has 1 unspecified atom stereocenters. The number of allylic oxidation sites excluding steroid dienone is 1. The Labute approximate surface area is 189 Å². The number of rotatable bonds is 5. The van der Waals surface area contributed by atoms with Gasteiger partial charge in [0, 0.05) is 24.0 Å². The van der Waals surface area contributed by atoms with Crippen LogP contribution in [0.4, 0.5) is 19.1 Å². The van der Waals surface area contributed by atoms with E-state index in [2.05, 4.69) is 31.5 Å². The Morgan fingerprint density at radius 3 is 2.64 bits per heavy atom. The lowest BCUT2D eigenvalue weighted by atomic mass is 10.1. The summed E-state index contributed by atoms with van der Waals surface area (Å²) in [4.78, 5) is 24.5. The third kappa shape index (κ3) is 5.11. The number of alkyl halides is 3. The SMILES string of the molecule is C=C(CCc1nc(N2CCOC(c3ccnc(C)c3)C2)nc2nc(C)c(C)nc12)C(F)(F)F. The van der Waals surface area contributed by atoms with Crippen LogP contribution in [0.2, 0.25) is 0 Å². The summed E-state index contributed by atoms with van der Waals surface area (Å²) >= 11 is 0. The number of nitrogens with zero attached hydrogens (tertiary/aromatic N) is 6. The van der Waals surface area contributed by atoms with Crippen molar-refractivity contribution in [2.45, 2.75) is 45.9 Å². The van der Waals surface area contributed by atoms with Gasteiger partial charge >= 0.3 is 6.18 Å². The molecule has 0 aromatic carbocycles. The van der Waals surface area contributed by atoms with Crippen LogP contribution >= 0.6 is 0 Å². The summed E-state index contributed by atoms with van der Waals surface area (Å²) in [6, 6.07) is 3.88. The van der Waals surface area contributed by atoms with Crippen molar-refractivity contribution in [2.24, 2.45) is 0 Å². The average Bonchev–Trinajstić information content (AvgIpc) is 2.77. The number of pyridine rings is 1. The van der Waals surface area contributed by atoms with Crippen LogP contribution in [0.5, 0.6) is 0 Å². The van der Waals surface area contributed by atoms with E-state index in [9.17, 15) is 13.2 Å². The lowest BCUT2D eigenvalue weighted by Gasteiger charge is -2.33. The number of hydrogen-bond donors (Lipinski definition) is 0. The minimum Gasteiger partial charge on any atom is -0.370 e. The van der Waals surface area contributed by atoms with Gasteiger partial charge in [0.15, 0.2) is 5.65 Å². The Morgan fingerprint density at radius 2 is 1.91 bits per heavy atom. The van der Waals surface area contributed by atoms with Gasteiger partial charge in [0.2, 0.25) is 5.95 Å². The van der Waals surface area contributed by atoms with Gasteiger partial charge in [0.05, 0.1) is 30.2 Å². The van der Waals surface area contributed by atoms with Gasteiger partial charge < -0.3 is 9.64 Å². The van der Waals surface area contributed by atoms with Crippen molar-refractivity contribution in [1.29, 1.82) is 0 Å². The number of fused-ring (bicyclic) bond motifs is 1. The molecule has 33 heavy (non-hydrogen) atoms. The lowest BCUT2D eigenvalue weighted by Crippen LogP contribution is -2.39. The minimum atomic E-state index is -4.44. The highest BCUT2D eigenvalue weighted by molar-refractivity contribution is 5.74. The molecule has 3 aromatic rings. The van der Waals surface area contributed by atoms with Gasteiger partial charge in [-0.15, -0.1) is 0 Å². The maximum atomic E-state index is 13.0. The molecule has 7 nitrogen and oxygen atoms in total. The van der Waals surface area contributed by atoms with Gasteiger partial charge in [-0.05, 0) is 51.3 Å². The van der Waals surface area contributed by atoms with Crippen molar-refractivity contribution in [1.82, 2.24) is 24.9 Å². The summed E-state index contributed by atoms with van der Waals surface area (Å²) < 4.78 is 44.9. The zero-order valence-electron chi connectivity index (χ0n) is 18.8. The first-order valence-electron chi connectivity index (χ1n) is 10.7. The van der Waals surface area contributed by atoms with E-state index in [4.69, 9.17) is 4.74 Å². The third-order valence-corrected chi connectivity index (χ3v) is 5.71. The lowest BCUT2D eigenvalue weighted by molar-refractivity contribution is -0.0935. The molecular weight excluding hydrogens is 433 g/mol. The summed E-state index contributed by atoms with van der Waals surface area (Å²) in [5.74, 6) is 0.409. The fourth-order valence-electron chi connectivity index (χ4n) is 3.68. The van der Waals surface area contributed by atoms with E-state index in [1.54, 1.807) is 13.1 Å². The molecule has 174 valence electrons. The molecule has 0 spiro atoms. The molecule has 4 heterocycles. The van der Waals surface area contributed by atoms with Crippen molar-refractivity contribution in [3.8, 4) is 0 Å². The van der Waals surface area contributed by atoms with E-state index < -0.39 is 11.7 Å². The second-order valence-corrected chi connectivity index (χ2v) is 8.17. The quantitative estimate of drug-likeness (QED) is 0.526. The smallest absolute Gasteiger partial charge is 0.370 e. The van der Waals surface area contributed by atoms with Crippen molar-refractivity contribution in [3.05, 3.63) is 58.8 Å². The van der Waals surface area contributed by atoms with Crippen LogP contribution in [-0.2, 0) is 11.2 Å². The third-order valence-electron chi connectivity index (χ3n) is 5.71. The van der Waals surface area contributed by atoms with Crippen molar-refractivity contribution in [3.63, 3.8) is 0 Å². The largest absolute Gasteiger partial charge is 0.412 e. The van der Waals surface area contributed by atoms with E-state index in [-0.39, 0.29) is 18.9 Å². The molecule has 0 amide bonds. The zero-order chi connectivity index (χ0) is 23.8. The second-order valence-electron chi connectivity index (χ2n) is 8.17. The summed E-state index contributed by atoms with van der Waals surface area (Å²) in [5, 5.41) is 0. The van der Waals surface area contributed by atoms with Crippen molar-refractivity contribution in [2.75, 3.05) is 24.6 Å². The van der Waals surface area contributed by atoms with Crippen LogP contribution in [-0.4, -0.2) is 50.8 Å². The maximum Gasteiger partial charge on any atom is 0.412 e. The van der Waals surface area contributed by atoms with Gasteiger partial charge in [-0.2, -0.15) is 18.2 Å². The molecule has 1 fully saturated rings. The van der Waals surface area contributed by atoms with Gasteiger partial charge in [-0.1, -0.05) is 6.58 Å². The molecule has 0 N–H and O–H groups in total. The number of anilines is 1. The molecule has 3 aromatic heterocycles. The molecule has 10 heteroatoms. The molecule has 1 aliphatic rings. The zero-order valence-corrected chi connectivity index (χ0v) is 18.8. The van der Waals surface area contributed by atoms with Gasteiger partial charge in [0.25, 0.3) is 0 Å². The first-order chi connectivity index (χ1) is 15.6. The Kier molecular flexibility index (Phi) is 6.29. The summed E-state index contributed by atoms with van der Waals surface area (Å²) in [6.45, 7) is 10.2. The normalized spacial score (nSPS) is 16.9. The number of aromatic nitrogens is 5. The number of halogens is 3. The van der Waals surface area contributed by atoms with E-state index in [1.165, 1.54) is 0 Å². The van der Waals surface area contributed by atoms with Crippen LogP contribution in [0, 0.1) is 20.8 Å². The van der Waals surface area contributed by atoms with E-state index in [1.807, 2.05) is 30.9 Å². The minimum absolute atomic E-state index is 0.0405. The highest BCUT2D eigenvalue weighted by atomic mass is 19.4. The molecule has 0 saturated carbocycles. The van der Waals surface area contributed by atoms with Gasteiger partial charge in [0.1, 0.15) is 11.6 Å². The van der Waals surface area contributed by atoms with E-state index >= 15 is 0 Å². The molecule has 1 aliphatic heterocycles. The van der Waals surface area contributed by atoms with Crippen LogP contribution in [0.15, 0.2) is 30.5 Å². The number of hydrogen-bond acceptors (Lipinski definition) is 7. The predicted molar refractivity (Wildman–Crippen MR) is 118 cm³/mol. The fourth-order valence-corrected chi connectivity index (χ4v) is 3.68. The molecule has 0 radical (unpaired) electrons. The Bertz CT molecular complexity index is 1200. The number of ether oxygens (including phenoxy) is 1. The highest BCUT2D eigenvalue weighted by Gasteiger charge is 2.32. The van der Waals surface area contributed by atoms with Crippen LogP contribution in [0.25, 0.3) is 11.2 Å². The summed E-state index contributed by atoms with van der Waals surface area (Å²) in [6.07, 6.45) is -3.13. The molecule has 0 aliphatic carbocycles. The Balaban J connectivity index is 1.68. The average molecular weight is 458 g/mol.